The maximum atomic E-state index is 11.3. The molecule has 0 aliphatic rings. The van der Waals surface area contributed by atoms with E-state index in [-0.39, 0.29) is 22.9 Å². The first-order valence-corrected chi connectivity index (χ1v) is 6.85. The van der Waals surface area contributed by atoms with Gasteiger partial charge >= 0.3 is 11.7 Å². The topological polar surface area (TPSA) is 140 Å². The van der Waals surface area contributed by atoms with Crippen LogP contribution in [0.2, 0.25) is 0 Å². The summed E-state index contributed by atoms with van der Waals surface area (Å²) in [6.45, 7) is 0.710. The molecule has 0 aliphatic heterocycles. The van der Waals surface area contributed by atoms with E-state index < -0.39 is 10.9 Å². The van der Waals surface area contributed by atoms with Gasteiger partial charge in [-0.1, -0.05) is 0 Å². The van der Waals surface area contributed by atoms with Crippen LogP contribution in [0.15, 0.2) is 30.6 Å². The number of hydrogen-bond donors (Lipinski definition) is 3. The average Bonchev–Trinajstić information content (AvgIpc) is 2.55. The molecule has 0 amide bonds. The molecule has 10 heteroatoms. The minimum absolute atomic E-state index is 0.00186. The Kier molecular flexibility index (Phi) is 5.58. The van der Waals surface area contributed by atoms with Crippen LogP contribution in [0.25, 0.3) is 0 Å². The summed E-state index contributed by atoms with van der Waals surface area (Å²) >= 11 is 0. The van der Waals surface area contributed by atoms with Crippen LogP contribution in [-0.2, 0) is 4.74 Å². The first-order valence-electron chi connectivity index (χ1n) is 6.85. The van der Waals surface area contributed by atoms with E-state index in [0.29, 0.717) is 18.8 Å². The van der Waals surface area contributed by atoms with Gasteiger partial charge in [0.05, 0.1) is 17.1 Å². The van der Waals surface area contributed by atoms with Gasteiger partial charge in [-0.25, -0.2) is 14.8 Å². The Morgan fingerprint density at radius 3 is 2.54 bits per heavy atom. The maximum Gasteiger partial charge on any atom is 0.353 e. The number of methoxy groups -OCH3 is 1. The van der Waals surface area contributed by atoms with E-state index in [1.807, 2.05) is 0 Å². The van der Waals surface area contributed by atoms with Crippen LogP contribution in [0, 0.1) is 10.1 Å². The summed E-state index contributed by atoms with van der Waals surface area (Å²) in [6.07, 6.45) is 1.19. The highest BCUT2D eigenvalue weighted by Gasteiger charge is 2.22. The number of nitrogens with zero attached hydrogens (tertiary/aromatic N) is 3. The number of hydrogen-bond acceptors (Lipinski definition) is 8. The molecule has 0 fully saturated rings. The third-order valence-electron chi connectivity index (χ3n) is 3.00. The number of ether oxygens (including phenoxy) is 1. The van der Waals surface area contributed by atoms with Gasteiger partial charge in [-0.2, -0.15) is 0 Å². The van der Waals surface area contributed by atoms with Crippen molar-refractivity contribution in [2.75, 3.05) is 30.9 Å². The van der Waals surface area contributed by atoms with Crippen molar-refractivity contribution in [1.29, 1.82) is 0 Å². The summed E-state index contributed by atoms with van der Waals surface area (Å²) in [7, 11) is 1.52. The molecule has 2 rings (SSSR count). The highest BCUT2D eigenvalue weighted by atomic mass is 16.6. The molecule has 0 radical (unpaired) electrons. The van der Waals surface area contributed by atoms with Crippen molar-refractivity contribution in [3.05, 3.63) is 46.3 Å². The fourth-order valence-corrected chi connectivity index (χ4v) is 1.88. The summed E-state index contributed by atoms with van der Waals surface area (Å²) in [6, 6.07) is 5.76. The molecule has 1 aromatic heterocycles. The van der Waals surface area contributed by atoms with Gasteiger partial charge in [0.2, 0.25) is 11.6 Å². The van der Waals surface area contributed by atoms with Gasteiger partial charge in [-0.3, -0.25) is 10.1 Å². The van der Waals surface area contributed by atoms with Crippen LogP contribution in [0.3, 0.4) is 0 Å². The molecule has 0 atom stereocenters. The molecule has 3 N–H and O–H groups in total. The van der Waals surface area contributed by atoms with Gasteiger partial charge in [-0.15, -0.1) is 0 Å². The van der Waals surface area contributed by atoms with Gasteiger partial charge in [0, 0.05) is 19.3 Å². The lowest BCUT2D eigenvalue weighted by Gasteiger charge is -2.10. The Balaban J connectivity index is 2.27. The van der Waals surface area contributed by atoms with Gasteiger partial charge in [0.1, 0.15) is 6.33 Å². The third-order valence-corrected chi connectivity index (χ3v) is 3.00. The van der Waals surface area contributed by atoms with Gasteiger partial charge in [0.25, 0.3) is 0 Å². The largest absolute Gasteiger partial charge is 0.478 e. The quantitative estimate of drug-likeness (QED) is 0.375. The highest BCUT2D eigenvalue weighted by molar-refractivity contribution is 5.88. The first-order chi connectivity index (χ1) is 11.5. The van der Waals surface area contributed by atoms with Crippen molar-refractivity contribution in [3.8, 4) is 0 Å². The summed E-state index contributed by atoms with van der Waals surface area (Å²) in [4.78, 5) is 29.4. The smallest absolute Gasteiger partial charge is 0.353 e. The predicted molar refractivity (Wildman–Crippen MR) is 85.7 cm³/mol. The van der Waals surface area contributed by atoms with Crippen LogP contribution in [-0.4, -0.2) is 46.2 Å². The minimum atomic E-state index is -1.06. The van der Waals surface area contributed by atoms with E-state index >= 15 is 0 Å². The normalized spacial score (nSPS) is 10.2. The molecule has 1 aromatic carbocycles. The molecule has 0 saturated heterocycles. The fraction of sp³-hybridized carbons (Fsp3) is 0.214. The second kappa shape index (κ2) is 7.83. The Bertz CT molecular complexity index is 735. The van der Waals surface area contributed by atoms with E-state index in [2.05, 4.69) is 20.6 Å². The van der Waals surface area contributed by atoms with E-state index in [1.54, 1.807) is 0 Å². The Morgan fingerprint density at radius 1 is 1.29 bits per heavy atom. The number of carboxylic acid groups (broad SMARTS) is 1. The standard InChI is InChI=1S/C14H15N5O5/c1-24-7-6-15-12-11(19(22)23)13(17-8-16-12)18-10-4-2-9(3-5-10)14(20)21/h2-5,8H,6-7H2,1H3,(H,20,21)(H2,15,16,17,18). The van der Waals surface area contributed by atoms with Crippen molar-refractivity contribution in [3.63, 3.8) is 0 Å². The molecular formula is C14H15N5O5. The maximum absolute atomic E-state index is 11.3. The summed E-state index contributed by atoms with van der Waals surface area (Å²) < 4.78 is 4.88. The fourth-order valence-electron chi connectivity index (χ4n) is 1.88. The summed E-state index contributed by atoms with van der Waals surface area (Å²) in [5.41, 5.74) is 0.264. The molecule has 1 heterocycles. The second-order valence-electron chi connectivity index (χ2n) is 4.60. The lowest BCUT2D eigenvalue weighted by Crippen LogP contribution is -2.12. The first kappa shape index (κ1) is 17.1. The number of nitrogens with one attached hydrogen (secondary N) is 2. The van der Waals surface area contributed by atoms with E-state index in [1.165, 1.54) is 37.7 Å². The number of aromatic nitrogens is 2. The number of carbonyl (C=O) groups is 1. The van der Waals surface area contributed by atoms with Gasteiger partial charge in [0.15, 0.2) is 0 Å². The Morgan fingerprint density at radius 2 is 1.96 bits per heavy atom. The molecule has 0 bridgehead atoms. The zero-order valence-electron chi connectivity index (χ0n) is 12.7. The molecule has 0 unspecified atom stereocenters. The summed E-state index contributed by atoms with van der Waals surface area (Å²) in [5, 5.41) is 25.8. The lowest BCUT2D eigenvalue weighted by molar-refractivity contribution is -0.383. The summed E-state index contributed by atoms with van der Waals surface area (Å²) in [5.74, 6) is -0.992. The van der Waals surface area contributed by atoms with Crippen LogP contribution >= 0.6 is 0 Å². The van der Waals surface area contributed by atoms with Crippen molar-refractivity contribution < 1.29 is 19.6 Å². The van der Waals surface area contributed by atoms with E-state index in [0.717, 1.165) is 0 Å². The van der Waals surface area contributed by atoms with Crippen LogP contribution in [0.5, 0.6) is 0 Å². The number of anilines is 3. The minimum Gasteiger partial charge on any atom is -0.478 e. The van der Waals surface area contributed by atoms with Gasteiger partial charge in [-0.05, 0) is 24.3 Å². The van der Waals surface area contributed by atoms with Crippen LogP contribution in [0.1, 0.15) is 10.4 Å². The number of benzene rings is 1. The molecule has 10 nitrogen and oxygen atoms in total. The van der Waals surface area contributed by atoms with E-state index in [4.69, 9.17) is 9.84 Å². The monoisotopic (exact) mass is 333 g/mol. The molecule has 0 aliphatic carbocycles. The Hall–Kier alpha value is -3.27. The van der Waals surface area contributed by atoms with Crippen molar-refractivity contribution in [1.82, 2.24) is 9.97 Å². The SMILES string of the molecule is COCCNc1ncnc(Nc2ccc(C(=O)O)cc2)c1[N+](=O)[O-]. The van der Waals surface area contributed by atoms with Gasteiger partial charge < -0.3 is 20.5 Å². The van der Waals surface area contributed by atoms with Crippen LogP contribution < -0.4 is 10.6 Å². The predicted octanol–water partition coefficient (Wildman–Crippen LogP) is 1.88. The third kappa shape index (κ3) is 4.14. The molecular weight excluding hydrogens is 318 g/mol. The number of carboxylic acids is 1. The highest BCUT2D eigenvalue weighted by Crippen LogP contribution is 2.30. The van der Waals surface area contributed by atoms with Crippen molar-refractivity contribution in [2.24, 2.45) is 0 Å². The molecule has 2 aromatic rings. The molecule has 126 valence electrons. The zero-order chi connectivity index (χ0) is 17.5. The average molecular weight is 333 g/mol. The van der Waals surface area contributed by atoms with Crippen LogP contribution in [0.4, 0.5) is 23.0 Å². The lowest BCUT2D eigenvalue weighted by atomic mass is 10.2. The van der Waals surface area contributed by atoms with E-state index in [9.17, 15) is 14.9 Å². The molecule has 0 spiro atoms. The number of rotatable bonds is 8. The second-order valence-corrected chi connectivity index (χ2v) is 4.60. The van der Waals surface area contributed by atoms with Crippen molar-refractivity contribution in [2.45, 2.75) is 0 Å². The number of nitro groups is 1. The Labute approximate surface area is 136 Å². The number of aromatic carboxylic acids is 1. The zero-order valence-corrected chi connectivity index (χ0v) is 12.7. The molecule has 24 heavy (non-hydrogen) atoms. The van der Waals surface area contributed by atoms with Crippen molar-refractivity contribution >= 4 is 29.0 Å². The molecule has 0 saturated carbocycles.